The van der Waals surface area contributed by atoms with Gasteiger partial charge in [0.15, 0.2) is 14.6 Å². The molecule has 148 valence electrons. The number of aromatic amines is 1. The minimum Gasteiger partial charge on any atom is -0.450 e. The number of nitrogens with zero attached hydrogens (tertiary/aromatic N) is 2. The molecule has 1 aliphatic heterocycles. The van der Waals surface area contributed by atoms with E-state index in [9.17, 15) is 4.79 Å². The highest BCUT2D eigenvalue weighted by Gasteiger charge is 2.33. The Labute approximate surface area is 186 Å². The number of fused-ring (bicyclic) bond motifs is 1. The Morgan fingerprint density at radius 1 is 1.17 bits per heavy atom. The van der Waals surface area contributed by atoms with Crippen molar-refractivity contribution in [3.8, 4) is 0 Å². The zero-order valence-electron chi connectivity index (χ0n) is 15.8. The summed E-state index contributed by atoms with van der Waals surface area (Å²) in [5, 5.41) is 1.45. The molecule has 0 unspecified atom stereocenters. The first kappa shape index (κ1) is 19.2. The van der Waals surface area contributed by atoms with E-state index in [0.29, 0.717) is 20.1 Å². The molecule has 0 radical (unpaired) electrons. The number of rotatable bonds is 4. The van der Waals surface area contributed by atoms with E-state index in [2.05, 4.69) is 16.0 Å². The number of benzene rings is 2. The van der Waals surface area contributed by atoms with Crippen LogP contribution in [0.3, 0.4) is 0 Å². The molecule has 4 aromatic rings. The monoisotopic (exact) mass is 449 g/mol. The van der Waals surface area contributed by atoms with Crippen molar-refractivity contribution >= 4 is 68.8 Å². The Morgan fingerprint density at radius 2 is 2.00 bits per heavy atom. The maximum atomic E-state index is 12.8. The molecule has 5 nitrogen and oxygen atoms in total. The maximum absolute atomic E-state index is 12.8. The first-order valence-electron chi connectivity index (χ1n) is 9.14. The summed E-state index contributed by atoms with van der Waals surface area (Å²) >= 11 is 8.08. The molecule has 1 aliphatic rings. The van der Waals surface area contributed by atoms with E-state index in [1.165, 1.54) is 29.1 Å². The molecule has 0 bridgehead atoms. The van der Waals surface area contributed by atoms with Gasteiger partial charge in [0.1, 0.15) is 5.76 Å². The number of para-hydroxylation sites is 1. The topological polar surface area (TPSA) is 62.1 Å². The van der Waals surface area contributed by atoms with Gasteiger partial charge in [0.25, 0.3) is 5.91 Å². The van der Waals surface area contributed by atoms with Crippen molar-refractivity contribution in [1.82, 2.24) is 9.97 Å². The van der Waals surface area contributed by atoms with Gasteiger partial charge in [-0.2, -0.15) is 0 Å². The van der Waals surface area contributed by atoms with Crippen LogP contribution >= 0.6 is 35.7 Å². The molecular weight excluding hydrogens is 434 g/mol. The minimum absolute atomic E-state index is 0.144. The largest absolute Gasteiger partial charge is 0.450 e. The molecule has 30 heavy (non-hydrogen) atoms. The number of aromatic nitrogens is 2. The summed E-state index contributed by atoms with van der Waals surface area (Å²) in [6, 6.07) is 19.2. The third kappa shape index (κ3) is 3.69. The number of aryl methyl sites for hydroxylation is 1. The highest BCUT2D eigenvalue weighted by Crippen LogP contribution is 2.37. The number of anilines is 1. The van der Waals surface area contributed by atoms with E-state index in [0.717, 1.165) is 21.9 Å². The second kappa shape index (κ2) is 7.79. The van der Waals surface area contributed by atoms with Crippen LogP contribution in [-0.2, 0) is 4.79 Å². The lowest BCUT2D eigenvalue weighted by Gasteiger charge is -2.13. The number of hydrogen-bond donors (Lipinski definition) is 1. The van der Waals surface area contributed by atoms with Crippen LogP contribution in [0.25, 0.3) is 17.1 Å². The number of hydrogen-bond acceptors (Lipinski definition) is 6. The van der Waals surface area contributed by atoms with Gasteiger partial charge in [-0.05, 0) is 60.6 Å². The Hall–Kier alpha value is -2.81. The molecule has 5 rings (SSSR count). The van der Waals surface area contributed by atoms with Crippen molar-refractivity contribution in [3.05, 3.63) is 76.9 Å². The first-order valence-corrected chi connectivity index (χ1v) is 11.2. The van der Waals surface area contributed by atoms with Crippen LogP contribution < -0.4 is 4.90 Å². The fraction of sp³-hybridized carbons (Fsp3) is 0.0455. The Kier molecular flexibility index (Phi) is 4.98. The third-order valence-corrected chi connectivity index (χ3v) is 6.61. The summed E-state index contributed by atoms with van der Waals surface area (Å²) in [4.78, 5) is 22.8. The van der Waals surface area contributed by atoms with Gasteiger partial charge in [-0.3, -0.25) is 9.69 Å². The number of amides is 1. The van der Waals surface area contributed by atoms with Crippen LogP contribution in [0.2, 0.25) is 0 Å². The van der Waals surface area contributed by atoms with Gasteiger partial charge in [-0.1, -0.05) is 48.2 Å². The summed E-state index contributed by atoms with van der Waals surface area (Å²) in [7, 11) is 0. The van der Waals surface area contributed by atoms with E-state index in [1.807, 2.05) is 61.5 Å². The van der Waals surface area contributed by atoms with Crippen LogP contribution in [0.15, 0.2) is 80.2 Å². The number of carbonyl (C=O) groups excluding carboxylic acids is 1. The maximum Gasteiger partial charge on any atom is 0.270 e. The fourth-order valence-corrected chi connectivity index (χ4v) is 5.16. The Bertz CT molecular complexity index is 1310. The molecule has 8 heteroatoms. The summed E-state index contributed by atoms with van der Waals surface area (Å²) in [5.41, 5.74) is 3.85. The molecule has 1 amide bonds. The fourth-order valence-electron chi connectivity index (χ4n) is 3.11. The van der Waals surface area contributed by atoms with Gasteiger partial charge < -0.3 is 9.40 Å². The Morgan fingerprint density at radius 3 is 2.83 bits per heavy atom. The second-order valence-corrected chi connectivity index (χ2v) is 9.34. The smallest absolute Gasteiger partial charge is 0.270 e. The predicted molar refractivity (Wildman–Crippen MR) is 126 cm³/mol. The first-order chi connectivity index (χ1) is 14.6. The second-order valence-electron chi connectivity index (χ2n) is 6.67. The summed E-state index contributed by atoms with van der Waals surface area (Å²) in [6.45, 7) is 2.05. The van der Waals surface area contributed by atoms with Crippen LogP contribution in [0.1, 0.15) is 11.3 Å². The zero-order valence-corrected chi connectivity index (χ0v) is 18.2. The molecule has 0 aliphatic carbocycles. The average molecular weight is 450 g/mol. The molecule has 2 aromatic heterocycles. The number of nitrogens with one attached hydrogen (secondary N) is 1. The lowest BCUT2D eigenvalue weighted by Crippen LogP contribution is -2.27. The Balaban J connectivity index is 1.35. The lowest BCUT2D eigenvalue weighted by atomic mass is 10.2. The number of thiocarbonyl (C=S) groups is 1. The van der Waals surface area contributed by atoms with E-state index < -0.39 is 0 Å². The molecule has 1 saturated heterocycles. The predicted octanol–water partition coefficient (Wildman–Crippen LogP) is 6.02. The van der Waals surface area contributed by atoms with Gasteiger partial charge in [-0.15, -0.1) is 0 Å². The molecule has 2 aromatic carbocycles. The molecule has 1 fully saturated rings. The zero-order chi connectivity index (χ0) is 20.7. The number of furan rings is 1. The van der Waals surface area contributed by atoms with Crippen molar-refractivity contribution in [2.45, 2.75) is 17.2 Å². The number of carbonyl (C=O) groups is 1. The van der Waals surface area contributed by atoms with Crippen molar-refractivity contribution < 1.29 is 9.21 Å². The summed E-state index contributed by atoms with van der Waals surface area (Å²) in [5.74, 6) is 0.451. The number of imidazole rings is 1. The van der Waals surface area contributed by atoms with Crippen LogP contribution in [0.4, 0.5) is 5.69 Å². The van der Waals surface area contributed by atoms with Gasteiger partial charge in [0.05, 0.1) is 21.6 Å². The van der Waals surface area contributed by atoms with Crippen molar-refractivity contribution in [2.24, 2.45) is 0 Å². The number of thioether (sulfide) groups is 1. The van der Waals surface area contributed by atoms with E-state index in [4.69, 9.17) is 16.6 Å². The van der Waals surface area contributed by atoms with Crippen LogP contribution in [0.5, 0.6) is 0 Å². The van der Waals surface area contributed by atoms with Gasteiger partial charge in [0, 0.05) is 6.08 Å². The van der Waals surface area contributed by atoms with Crippen molar-refractivity contribution in [1.29, 1.82) is 0 Å². The summed E-state index contributed by atoms with van der Waals surface area (Å²) < 4.78 is 6.40. The van der Waals surface area contributed by atoms with Gasteiger partial charge in [-0.25, -0.2) is 4.98 Å². The van der Waals surface area contributed by atoms with Crippen LogP contribution in [0, 0.1) is 6.92 Å². The SMILES string of the molecule is Cc1ccc2nc(Sc3ccc(/C=C4/SC(=S)N(c5ccccc5)C4=O)o3)[nH]c2c1. The lowest BCUT2D eigenvalue weighted by molar-refractivity contribution is -0.113. The average Bonchev–Trinajstić information content (AvgIpc) is 3.41. The van der Waals surface area contributed by atoms with E-state index in [1.54, 1.807) is 11.0 Å². The normalized spacial score (nSPS) is 15.6. The standard InChI is InChI=1S/C22H15N3O2S3/c1-13-7-9-16-17(11-13)24-21(23-16)30-19-10-8-15(27-19)12-18-20(26)25(22(28)29-18)14-5-3-2-4-6-14/h2-12H,1H3,(H,23,24)/b18-12+. The highest BCUT2D eigenvalue weighted by atomic mass is 32.2. The van der Waals surface area contributed by atoms with Gasteiger partial charge in [0.2, 0.25) is 0 Å². The quantitative estimate of drug-likeness (QED) is 0.304. The van der Waals surface area contributed by atoms with Gasteiger partial charge >= 0.3 is 0 Å². The molecule has 0 saturated carbocycles. The molecule has 0 spiro atoms. The molecule has 3 heterocycles. The third-order valence-electron chi connectivity index (χ3n) is 4.50. The van der Waals surface area contributed by atoms with Crippen LogP contribution in [-0.4, -0.2) is 20.2 Å². The van der Waals surface area contributed by atoms with Crippen molar-refractivity contribution in [2.75, 3.05) is 4.90 Å². The molecule has 1 N–H and O–H groups in total. The van der Waals surface area contributed by atoms with E-state index >= 15 is 0 Å². The molecule has 0 atom stereocenters. The molecular formula is C22H15N3O2S3. The highest BCUT2D eigenvalue weighted by molar-refractivity contribution is 8.27. The summed E-state index contributed by atoms with van der Waals surface area (Å²) in [6.07, 6.45) is 1.73. The number of H-pyrrole nitrogens is 1. The van der Waals surface area contributed by atoms with Crippen molar-refractivity contribution in [3.63, 3.8) is 0 Å². The minimum atomic E-state index is -0.144. The van der Waals surface area contributed by atoms with E-state index in [-0.39, 0.29) is 5.91 Å².